The third kappa shape index (κ3) is 1.57. The molecule has 0 radical (unpaired) electrons. The van der Waals surface area contributed by atoms with Gasteiger partial charge < -0.3 is 0 Å². The van der Waals surface area contributed by atoms with E-state index in [2.05, 4.69) is 36.9 Å². The molecule has 0 aromatic heterocycles. The Balaban J connectivity index is 2.37. The molecule has 0 heterocycles. The number of nitrogens with zero attached hydrogens (tertiary/aromatic N) is 1. The molecular weight excluding hydrogens is 182 g/mol. The Labute approximate surface area is 91.0 Å². The first kappa shape index (κ1) is 9.98. The molecule has 1 aliphatic rings. The molecule has 0 atom stereocenters. The fraction of sp³-hybridized carbons (Fsp3) is 0.357. The van der Waals surface area contributed by atoms with Gasteiger partial charge in [-0.25, -0.2) is 0 Å². The fourth-order valence-electron chi connectivity index (χ4n) is 2.42. The second-order valence-corrected chi connectivity index (χ2v) is 4.52. The second kappa shape index (κ2) is 3.55. The van der Waals surface area contributed by atoms with Crippen LogP contribution in [0, 0.1) is 16.7 Å². The lowest BCUT2D eigenvalue weighted by Gasteiger charge is -2.26. The van der Waals surface area contributed by atoms with Gasteiger partial charge in [0.25, 0.3) is 0 Å². The van der Waals surface area contributed by atoms with E-state index in [1.807, 2.05) is 6.92 Å². The van der Waals surface area contributed by atoms with Gasteiger partial charge in [-0.2, -0.15) is 5.26 Å². The topological polar surface area (TPSA) is 23.8 Å². The quantitative estimate of drug-likeness (QED) is 0.667. The molecule has 1 aromatic carbocycles. The molecule has 0 unspecified atom stereocenters. The molecule has 2 rings (SSSR count). The zero-order valence-electron chi connectivity index (χ0n) is 9.09. The average Bonchev–Trinajstić information content (AvgIpc) is 2.57. The van der Waals surface area contributed by atoms with Crippen molar-refractivity contribution in [1.29, 1.82) is 5.26 Å². The van der Waals surface area contributed by atoms with Crippen molar-refractivity contribution >= 4 is 0 Å². The number of fused-ring (bicyclic) bond motifs is 1. The standard InChI is InChI=1S/C14H15N/c1-11(2)14(7-8-15)9-12-5-3-4-6-13(12)10-14/h3-6H,1,7,9-10H2,2H3. The van der Waals surface area contributed by atoms with Crippen LogP contribution in [0.1, 0.15) is 24.5 Å². The van der Waals surface area contributed by atoms with Crippen LogP contribution in [0.25, 0.3) is 0 Å². The van der Waals surface area contributed by atoms with Crippen molar-refractivity contribution in [2.24, 2.45) is 5.41 Å². The minimum atomic E-state index is -0.00155. The number of rotatable bonds is 2. The van der Waals surface area contributed by atoms with Gasteiger partial charge in [0.2, 0.25) is 0 Å². The highest BCUT2D eigenvalue weighted by Crippen LogP contribution is 2.44. The van der Waals surface area contributed by atoms with Crippen molar-refractivity contribution in [3.8, 4) is 6.07 Å². The molecule has 0 spiro atoms. The Kier molecular flexibility index (Phi) is 2.36. The van der Waals surface area contributed by atoms with Crippen LogP contribution in [0.5, 0.6) is 0 Å². The minimum absolute atomic E-state index is 0.00155. The van der Waals surface area contributed by atoms with Crippen LogP contribution in [0.15, 0.2) is 36.4 Å². The Bertz CT molecular complexity index is 412. The number of hydrogen-bond acceptors (Lipinski definition) is 1. The van der Waals surface area contributed by atoms with Crippen LogP contribution >= 0.6 is 0 Å². The van der Waals surface area contributed by atoms with Gasteiger partial charge in [0, 0.05) is 11.8 Å². The molecule has 0 amide bonds. The Morgan fingerprint density at radius 3 is 2.33 bits per heavy atom. The molecule has 1 heteroatoms. The summed E-state index contributed by atoms with van der Waals surface area (Å²) >= 11 is 0. The zero-order valence-corrected chi connectivity index (χ0v) is 9.09. The third-order valence-corrected chi connectivity index (χ3v) is 3.50. The summed E-state index contributed by atoms with van der Waals surface area (Å²) in [5.41, 5.74) is 3.91. The molecule has 0 saturated heterocycles. The van der Waals surface area contributed by atoms with Gasteiger partial charge in [-0.3, -0.25) is 0 Å². The van der Waals surface area contributed by atoms with Gasteiger partial charge >= 0.3 is 0 Å². The highest BCUT2D eigenvalue weighted by molar-refractivity contribution is 5.38. The molecule has 0 fully saturated rings. The summed E-state index contributed by atoms with van der Waals surface area (Å²) in [5.74, 6) is 0. The zero-order chi connectivity index (χ0) is 10.9. The number of hydrogen-bond donors (Lipinski definition) is 0. The van der Waals surface area contributed by atoms with Gasteiger partial charge in [-0.05, 0) is 30.9 Å². The molecule has 0 N–H and O–H groups in total. The maximum Gasteiger partial charge on any atom is 0.0631 e. The maximum atomic E-state index is 8.93. The maximum absolute atomic E-state index is 8.93. The van der Waals surface area contributed by atoms with E-state index in [1.54, 1.807) is 0 Å². The van der Waals surface area contributed by atoms with E-state index in [9.17, 15) is 0 Å². The first-order valence-electron chi connectivity index (χ1n) is 5.28. The summed E-state index contributed by atoms with van der Waals surface area (Å²) in [6.07, 6.45) is 2.54. The van der Waals surface area contributed by atoms with Crippen molar-refractivity contribution in [3.05, 3.63) is 47.5 Å². The lowest BCUT2D eigenvalue weighted by atomic mass is 9.76. The van der Waals surface area contributed by atoms with E-state index in [4.69, 9.17) is 5.26 Å². The Hall–Kier alpha value is -1.55. The SMILES string of the molecule is C=C(C)C1(CC#N)Cc2ccccc2C1. The van der Waals surface area contributed by atoms with Crippen LogP contribution in [0.4, 0.5) is 0 Å². The summed E-state index contributed by atoms with van der Waals surface area (Å²) in [6, 6.07) is 10.8. The number of nitriles is 1. The van der Waals surface area contributed by atoms with Gasteiger partial charge in [-0.15, -0.1) is 0 Å². The molecule has 0 saturated carbocycles. The molecule has 1 nitrogen and oxygen atoms in total. The molecule has 15 heavy (non-hydrogen) atoms. The second-order valence-electron chi connectivity index (χ2n) is 4.52. The predicted octanol–water partition coefficient (Wildman–Crippen LogP) is 3.26. The summed E-state index contributed by atoms with van der Waals surface area (Å²) in [4.78, 5) is 0. The van der Waals surface area contributed by atoms with E-state index in [1.165, 1.54) is 11.1 Å². The Morgan fingerprint density at radius 1 is 1.40 bits per heavy atom. The highest BCUT2D eigenvalue weighted by atomic mass is 14.4. The lowest BCUT2D eigenvalue weighted by Crippen LogP contribution is -2.21. The van der Waals surface area contributed by atoms with E-state index in [0.29, 0.717) is 6.42 Å². The summed E-state index contributed by atoms with van der Waals surface area (Å²) < 4.78 is 0. The first-order valence-corrected chi connectivity index (χ1v) is 5.28. The first-order chi connectivity index (χ1) is 7.18. The van der Waals surface area contributed by atoms with Gasteiger partial charge in [0.1, 0.15) is 0 Å². The van der Waals surface area contributed by atoms with Crippen molar-refractivity contribution in [2.75, 3.05) is 0 Å². The number of benzene rings is 1. The third-order valence-electron chi connectivity index (χ3n) is 3.50. The van der Waals surface area contributed by atoms with E-state index < -0.39 is 0 Å². The van der Waals surface area contributed by atoms with Gasteiger partial charge in [0.15, 0.2) is 0 Å². The monoisotopic (exact) mass is 197 g/mol. The molecule has 1 aromatic rings. The van der Waals surface area contributed by atoms with E-state index in [0.717, 1.165) is 18.4 Å². The fourth-order valence-corrected chi connectivity index (χ4v) is 2.42. The molecule has 0 aliphatic heterocycles. The molecule has 1 aliphatic carbocycles. The average molecular weight is 197 g/mol. The predicted molar refractivity (Wildman–Crippen MR) is 61.3 cm³/mol. The minimum Gasteiger partial charge on any atom is -0.198 e. The molecular formula is C14H15N. The summed E-state index contributed by atoms with van der Waals surface area (Å²) in [5, 5.41) is 8.93. The highest BCUT2D eigenvalue weighted by Gasteiger charge is 2.37. The largest absolute Gasteiger partial charge is 0.198 e. The van der Waals surface area contributed by atoms with Crippen LogP contribution in [-0.4, -0.2) is 0 Å². The molecule has 76 valence electrons. The van der Waals surface area contributed by atoms with Crippen molar-refractivity contribution in [2.45, 2.75) is 26.2 Å². The van der Waals surface area contributed by atoms with Gasteiger partial charge in [0.05, 0.1) is 6.07 Å². The lowest BCUT2D eigenvalue weighted by molar-refractivity contribution is 0.388. The van der Waals surface area contributed by atoms with E-state index in [-0.39, 0.29) is 5.41 Å². The smallest absolute Gasteiger partial charge is 0.0631 e. The van der Waals surface area contributed by atoms with E-state index >= 15 is 0 Å². The summed E-state index contributed by atoms with van der Waals surface area (Å²) in [6.45, 7) is 6.10. The van der Waals surface area contributed by atoms with Crippen molar-refractivity contribution in [1.82, 2.24) is 0 Å². The van der Waals surface area contributed by atoms with Crippen molar-refractivity contribution in [3.63, 3.8) is 0 Å². The number of allylic oxidation sites excluding steroid dienone is 1. The summed E-state index contributed by atoms with van der Waals surface area (Å²) in [7, 11) is 0. The van der Waals surface area contributed by atoms with Crippen LogP contribution in [0.3, 0.4) is 0 Å². The Morgan fingerprint density at radius 2 is 1.93 bits per heavy atom. The normalized spacial score (nSPS) is 16.8. The molecule has 0 bridgehead atoms. The van der Waals surface area contributed by atoms with Crippen LogP contribution in [-0.2, 0) is 12.8 Å². The van der Waals surface area contributed by atoms with Gasteiger partial charge in [-0.1, -0.05) is 36.4 Å². The van der Waals surface area contributed by atoms with Crippen molar-refractivity contribution < 1.29 is 0 Å². The van der Waals surface area contributed by atoms with Crippen LogP contribution < -0.4 is 0 Å². The van der Waals surface area contributed by atoms with Crippen LogP contribution in [0.2, 0.25) is 0 Å².